The molecule has 8 nitrogen and oxygen atoms in total. The largest absolute Gasteiger partial charge is 0.392 e. The third-order valence-electron chi connectivity index (χ3n) is 4.55. The van der Waals surface area contributed by atoms with Crippen LogP contribution in [0.15, 0.2) is 40.3 Å². The average molecular weight is 388 g/mol. The number of benzene rings is 1. The first kappa shape index (κ1) is 19.4. The summed E-state index contributed by atoms with van der Waals surface area (Å²) >= 11 is 1.33. The highest BCUT2D eigenvalue weighted by molar-refractivity contribution is 7.99. The van der Waals surface area contributed by atoms with Crippen molar-refractivity contribution in [1.82, 2.24) is 29.6 Å². The first-order valence-corrected chi connectivity index (χ1v) is 9.64. The van der Waals surface area contributed by atoms with E-state index in [0.29, 0.717) is 16.6 Å². The molecule has 0 saturated heterocycles. The molecule has 1 N–H and O–H groups in total. The first-order chi connectivity index (χ1) is 12.7. The zero-order chi connectivity index (χ0) is 19.8. The summed E-state index contributed by atoms with van der Waals surface area (Å²) in [6, 6.07) is 9.42. The van der Waals surface area contributed by atoms with Crippen LogP contribution in [0.4, 0.5) is 0 Å². The Balaban J connectivity index is 2.00. The van der Waals surface area contributed by atoms with Gasteiger partial charge in [0, 0.05) is 12.8 Å². The number of aliphatic hydroxyl groups excluding tert-OH is 1. The van der Waals surface area contributed by atoms with Crippen molar-refractivity contribution in [3.63, 3.8) is 0 Å². The summed E-state index contributed by atoms with van der Waals surface area (Å²) < 4.78 is 4.83. The summed E-state index contributed by atoms with van der Waals surface area (Å²) in [5.41, 5.74) is 1.47. The van der Waals surface area contributed by atoms with E-state index in [1.807, 2.05) is 65.1 Å². The van der Waals surface area contributed by atoms with Gasteiger partial charge in [0.2, 0.25) is 5.16 Å². The molecule has 0 saturated carbocycles. The number of aromatic nitrogens is 6. The quantitative estimate of drug-likeness (QED) is 0.672. The van der Waals surface area contributed by atoms with Crippen LogP contribution in [0.5, 0.6) is 0 Å². The zero-order valence-electron chi connectivity index (χ0n) is 16.1. The number of hydrogen-bond donors (Lipinski definition) is 1. The molecule has 3 aromatic rings. The second-order valence-corrected chi connectivity index (χ2v) is 8.46. The molecule has 27 heavy (non-hydrogen) atoms. The maximum atomic E-state index is 13.1. The van der Waals surface area contributed by atoms with Crippen LogP contribution in [0.1, 0.15) is 26.5 Å². The van der Waals surface area contributed by atoms with Crippen LogP contribution in [0.25, 0.3) is 11.4 Å². The fourth-order valence-corrected chi connectivity index (χ4v) is 3.76. The van der Waals surface area contributed by atoms with Crippen LogP contribution in [-0.2, 0) is 7.05 Å². The molecule has 0 unspecified atom stereocenters. The Kier molecular flexibility index (Phi) is 5.25. The second kappa shape index (κ2) is 7.32. The van der Waals surface area contributed by atoms with Crippen molar-refractivity contribution in [2.24, 2.45) is 12.5 Å². The molecule has 0 aliphatic rings. The van der Waals surface area contributed by atoms with Gasteiger partial charge >= 0.3 is 0 Å². The lowest BCUT2D eigenvalue weighted by molar-refractivity contribution is 0.0842. The van der Waals surface area contributed by atoms with Gasteiger partial charge in [0.1, 0.15) is 0 Å². The molecule has 0 spiro atoms. The minimum absolute atomic E-state index is 0.202. The molecule has 0 aliphatic heterocycles. The van der Waals surface area contributed by atoms with Gasteiger partial charge in [0.15, 0.2) is 5.69 Å². The van der Waals surface area contributed by atoms with E-state index in [2.05, 4.69) is 15.5 Å². The van der Waals surface area contributed by atoms with Gasteiger partial charge in [-0.2, -0.15) is 4.68 Å². The normalized spacial score (nSPS) is 13.1. The smallest absolute Gasteiger partial charge is 0.297 e. The van der Waals surface area contributed by atoms with Crippen molar-refractivity contribution in [1.29, 1.82) is 0 Å². The number of nitrogens with zero attached hydrogens (tertiary/aromatic N) is 6. The number of tetrazole rings is 1. The van der Waals surface area contributed by atoms with E-state index >= 15 is 0 Å². The summed E-state index contributed by atoms with van der Waals surface area (Å²) in [6.07, 6.45) is -0.523. The van der Waals surface area contributed by atoms with Gasteiger partial charge in [-0.05, 0) is 34.9 Å². The Labute approximate surface area is 161 Å². The minimum atomic E-state index is -0.523. The van der Waals surface area contributed by atoms with Crippen molar-refractivity contribution in [3.8, 4) is 11.4 Å². The van der Waals surface area contributed by atoms with Gasteiger partial charge in [-0.3, -0.25) is 9.48 Å². The van der Waals surface area contributed by atoms with E-state index in [0.717, 1.165) is 11.4 Å². The minimum Gasteiger partial charge on any atom is -0.392 e. The molecule has 1 aromatic carbocycles. The highest BCUT2D eigenvalue weighted by Gasteiger charge is 2.25. The number of thioether (sulfide) groups is 1. The molecule has 1 atom stereocenters. The van der Waals surface area contributed by atoms with Crippen molar-refractivity contribution in [2.45, 2.75) is 39.0 Å². The topological polar surface area (TPSA) is 90.8 Å². The summed E-state index contributed by atoms with van der Waals surface area (Å²) in [5, 5.41) is 22.6. The second-order valence-electron chi connectivity index (χ2n) is 7.48. The lowest BCUT2D eigenvalue weighted by atomic mass is 9.90. The first-order valence-electron chi connectivity index (χ1n) is 8.65. The van der Waals surface area contributed by atoms with Crippen LogP contribution >= 0.6 is 11.8 Å². The molecule has 2 heterocycles. The van der Waals surface area contributed by atoms with Crippen LogP contribution in [-0.4, -0.2) is 46.5 Å². The van der Waals surface area contributed by atoms with Gasteiger partial charge in [0.05, 0.1) is 17.5 Å². The van der Waals surface area contributed by atoms with E-state index in [1.54, 1.807) is 9.36 Å². The Morgan fingerprint density at radius 2 is 1.89 bits per heavy atom. The number of para-hydroxylation sites is 1. The lowest BCUT2D eigenvalue weighted by Gasteiger charge is -2.24. The van der Waals surface area contributed by atoms with Crippen molar-refractivity contribution in [2.75, 3.05) is 5.75 Å². The van der Waals surface area contributed by atoms with Crippen molar-refractivity contribution >= 4 is 11.8 Å². The van der Waals surface area contributed by atoms with Crippen molar-refractivity contribution in [3.05, 3.63) is 46.4 Å². The number of hydrogen-bond acceptors (Lipinski definition) is 6. The van der Waals surface area contributed by atoms with Crippen molar-refractivity contribution < 1.29 is 5.11 Å². The molecule has 0 fully saturated rings. The summed E-state index contributed by atoms with van der Waals surface area (Å²) in [5.74, 6) is 0.433. The summed E-state index contributed by atoms with van der Waals surface area (Å²) in [7, 11) is 1.83. The molecule has 0 bridgehead atoms. The predicted molar refractivity (Wildman–Crippen MR) is 105 cm³/mol. The zero-order valence-corrected chi connectivity index (χ0v) is 16.9. The molecule has 9 heteroatoms. The maximum absolute atomic E-state index is 13.1. The molecular formula is C18H24N6O2S. The molecule has 2 aromatic heterocycles. The van der Waals surface area contributed by atoms with Gasteiger partial charge in [0.25, 0.3) is 5.56 Å². The standard InChI is InChI=1S/C18H24N6O2S/c1-12-15(16(26)24(22(12)5)13-9-7-6-8-10-13)23-17(19-20-21-23)27-11-14(25)18(2,3)4/h6-10,14,25H,11H2,1-5H3/t14-/m0/s1. The van der Waals surface area contributed by atoms with Gasteiger partial charge in [-0.1, -0.05) is 50.7 Å². The van der Waals surface area contributed by atoms with Gasteiger partial charge in [-0.15, -0.1) is 5.10 Å². The highest BCUT2D eigenvalue weighted by atomic mass is 32.2. The highest BCUT2D eigenvalue weighted by Crippen LogP contribution is 2.26. The number of rotatable bonds is 5. The van der Waals surface area contributed by atoms with E-state index in [-0.39, 0.29) is 11.0 Å². The van der Waals surface area contributed by atoms with Crippen LogP contribution in [0.3, 0.4) is 0 Å². The van der Waals surface area contributed by atoms with Gasteiger partial charge < -0.3 is 5.11 Å². The predicted octanol–water partition coefficient (Wildman–Crippen LogP) is 1.96. The van der Waals surface area contributed by atoms with E-state index in [4.69, 9.17) is 0 Å². The van der Waals surface area contributed by atoms with E-state index in [1.165, 1.54) is 16.4 Å². The maximum Gasteiger partial charge on any atom is 0.297 e. The van der Waals surface area contributed by atoms with Crippen LogP contribution in [0, 0.1) is 12.3 Å². The Bertz CT molecular complexity index is 984. The fraction of sp³-hybridized carbons (Fsp3) is 0.444. The third kappa shape index (κ3) is 3.70. The lowest BCUT2D eigenvalue weighted by Crippen LogP contribution is -2.28. The molecule has 0 amide bonds. The molecule has 144 valence electrons. The molecular weight excluding hydrogens is 364 g/mol. The van der Waals surface area contributed by atoms with Crippen LogP contribution in [0.2, 0.25) is 0 Å². The molecule has 0 aliphatic carbocycles. The molecule has 0 radical (unpaired) electrons. The van der Waals surface area contributed by atoms with Gasteiger partial charge in [-0.25, -0.2) is 4.68 Å². The Morgan fingerprint density at radius 1 is 1.22 bits per heavy atom. The molecule has 3 rings (SSSR count). The summed E-state index contributed by atoms with van der Waals surface area (Å²) in [4.78, 5) is 13.1. The summed E-state index contributed by atoms with van der Waals surface area (Å²) in [6.45, 7) is 7.78. The monoisotopic (exact) mass is 388 g/mol. The third-order valence-corrected chi connectivity index (χ3v) is 5.54. The Morgan fingerprint density at radius 3 is 2.52 bits per heavy atom. The SMILES string of the molecule is Cc1c(-n2nnnc2SC[C@H](O)C(C)(C)C)c(=O)n(-c2ccccc2)n1C. The van der Waals surface area contributed by atoms with Crippen LogP contribution < -0.4 is 5.56 Å². The fourth-order valence-electron chi connectivity index (χ4n) is 2.61. The number of aliphatic hydroxyl groups is 1. The van der Waals surface area contributed by atoms with E-state index < -0.39 is 6.10 Å². The Hall–Kier alpha value is -2.39. The average Bonchev–Trinajstić information content (AvgIpc) is 3.15. The van der Waals surface area contributed by atoms with E-state index in [9.17, 15) is 9.90 Å².